The molecule has 0 saturated heterocycles. The van der Waals surface area contributed by atoms with E-state index in [1.165, 1.54) is 36.0 Å². The Morgan fingerprint density at radius 1 is 1.11 bits per heavy atom. The van der Waals surface area contributed by atoms with Crippen LogP contribution in [0.2, 0.25) is 0 Å². The fourth-order valence-electron chi connectivity index (χ4n) is 2.21. The molecule has 0 saturated carbocycles. The van der Waals surface area contributed by atoms with E-state index < -0.39 is 0 Å². The number of halogens is 1. The molecule has 144 valence electrons. The van der Waals surface area contributed by atoms with Crippen LogP contribution in [0.5, 0.6) is 5.75 Å². The predicted molar refractivity (Wildman–Crippen MR) is 107 cm³/mol. The zero-order valence-corrected chi connectivity index (χ0v) is 16.2. The molecule has 2 aromatic rings. The summed E-state index contributed by atoms with van der Waals surface area (Å²) in [6.45, 7) is 2.84. The number of carbonyl (C=O) groups is 2. The van der Waals surface area contributed by atoms with Crippen LogP contribution in [0.1, 0.15) is 5.56 Å². The third kappa shape index (κ3) is 7.30. The molecule has 0 aromatic heterocycles. The van der Waals surface area contributed by atoms with Crippen molar-refractivity contribution < 1.29 is 18.7 Å². The molecule has 7 heteroatoms. The highest BCUT2D eigenvalue weighted by molar-refractivity contribution is 8.00. The van der Waals surface area contributed by atoms with E-state index in [0.717, 1.165) is 11.3 Å². The van der Waals surface area contributed by atoms with Crippen LogP contribution in [0.25, 0.3) is 0 Å². The first-order chi connectivity index (χ1) is 13.0. The van der Waals surface area contributed by atoms with Crippen molar-refractivity contribution in [3.63, 3.8) is 0 Å². The Labute approximate surface area is 162 Å². The summed E-state index contributed by atoms with van der Waals surface area (Å²) in [6.07, 6.45) is 0. The van der Waals surface area contributed by atoms with Crippen LogP contribution in [0.4, 0.5) is 10.1 Å². The lowest BCUT2D eigenvalue weighted by atomic mass is 10.2. The van der Waals surface area contributed by atoms with Crippen molar-refractivity contribution in [1.82, 2.24) is 4.90 Å². The number of benzene rings is 2. The quantitative estimate of drug-likeness (QED) is 0.713. The van der Waals surface area contributed by atoms with Gasteiger partial charge in [0.25, 0.3) is 0 Å². The van der Waals surface area contributed by atoms with E-state index in [4.69, 9.17) is 4.74 Å². The van der Waals surface area contributed by atoms with Crippen molar-refractivity contribution in [1.29, 1.82) is 0 Å². The summed E-state index contributed by atoms with van der Waals surface area (Å²) >= 11 is 1.23. The van der Waals surface area contributed by atoms with Crippen molar-refractivity contribution in [3.05, 3.63) is 59.9 Å². The summed E-state index contributed by atoms with van der Waals surface area (Å²) in [5, 5.41) is 2.66. The van der Waals surface area contributed by atoms with Gasteiger partial charge in [-0.25, -0.2) is 4.39 Å². The molecule has 1 N–H and O–H groups in total. The normalized spacial score (nSPS) is 10.3. The molecular formula is C20H23FN2O3S. The van der Waals surface area contributed by atoms with E-state index in [2.05, 4.69) is 5.32 Å². The molecule has 0 aliphatic rings. The second-order valence-corrected chi connectivity index (χ2v) is 6.96. The summed E-state index contributed by atoms with van der Waals surface area (Å²) in [4.78, 5) is 25.5. The first-order valence-electron chi connectivity index (χ1n) is 8.51. The van der Waals surface area contributed by atoms with Crippen LogP contribution >= 0.6 is 11.8 Å². The maximum atomic E-state index is 12.8. The molecule has 0 bridgehead atoms. The third-order valence-electron chi connectivity index (χ3n) is 3.79. The van der Waals surface area contributed by atoms with Gasteiger partial charge in [-0.3, -0.25) is 9.59 Å². The average molecular weight is 390 g/mol. The minimum absolute atomic E-state index is 0.0667. The zero-order valence-electron chi connectivity index (χ0n) is 15.4. The van der Waals surface area contributed by atoms with E-state index in [9.17, 15) is 14.0 Å². The first-order valence-corrected chi connectivity index (χ1v) is 9.66. The lowest BCUT2D eigenvalue weighted by Gasteiger charge is -2.18. The summed E-state index contributed by atoms with van der Waals surface area (Å²) in [5.74, 6) is 0.509. The molecule has 5 nitrogen and oxygen atoms in total. The van der Waals surface area contributed by atoms with Gasteiger partial charge in [-0.05, 0) is 42.8 Å². The largest absolute Gasteiger partial charge is 0.491 e. The third-order valence-corrected chi connectivity index (χ3v) is 4.71. The Balaban J connectivity index is 1.63. The van der Waals surface area contributed by atoms with Gasteiger partial charge in [0.15, 0.2) is 0 Å². The van der Waals surface area contributed by atoms with E-state index in [0.29, 0.717) is 18.8 Å². The number of aryl methyl sites for hydroxylation is 1. The molecule has 0 fully saturated rings. The van der Waals surface area contributed by atoms with Gasteiger partial charge in [0, 0.05) is 12.7 Å². The van der Waals surface area contributed by atoms with Gasteiger partial charge < -0.3 is 15.0 Å². The SMILES string of the molecule is Cc1ccccc1OCCN(C)C(=O)CSCC(=O)Nc1ccc(F)cc1. The Morgan fingerprint density at radius 3 is 2.52 bits per heavy atom. The van der Waals surface area contributed by atoms with Gasteiger partial charge in [-0.1, -0.05) is 18.2 Å². The highest BCUT2D eigenvalue weighted by Gasteiger charge is 2.11. The molecule has 2 aromatic carbocycles. The van der Waals surface area contributed by atoms with Gasteiger partial charge in [0.1, 0.15) is 18.2 Å². The lowest BCUT2D eigenvalue weighted by molar-refractivity contribution is -0.127. The van der Waals surface area contributed by atoms with Crippen molar-refractivity contribution in [2.24, 2.45) is 0 Å². The van der Waals surface area contributed by atoms with E-state index >= 15 is 0 Å². The van der Waals surface area contributed by atoms with Gasteiger partial charge in [0.05, 0.1) is 18.1 Å². The number of carbonyl (C=O) groups excluding carboxylic acids is 2. The van der Waals surface area contributed by atoms with Gasteiger partial charge in [-0.2, -0.15) is 0 Å². The molecule has 0 aliphatic heterocycles. The number of ether oxygens (including phenoxy) is 1. The number of nitrogens with zero attached hydrogens (tertiary/aromatic N) is 1. The van der Waals surface area contributed by atoms with E-state index in [1.807, 2.05) is 31.2 Å². The fraction of sp³-hybridized carbons (Fsp3) is 0.300. The van der Waals surface area contributed by atoms with Crippen molar-refractivity contribution in [3.8, 4) is 5.75 Å². The predicted octanol–water partition coefficient (Wildman–Crippen LogP) is 3.34. The molecule has 0 spiro atoms. The molecule has 2 amide bonds. The molecular weight excluding hydrogens is 367 g/mol. The molecule has 0 radical (unpaired) electrons. The minimum Gasteiger partial charge on any atom is -0.491 e. The maximum absolute atomic E-state index is 12.8. The zero-order chi connectivity index (χ0) is 19.6. The highest BCUT2D eigenvalue weighted by Crippen LogP contribution is 2.16. The highest BCUT2D eigenvalue weighted by atomic mass is 32.2. The van der Waals surface area contributed by atoms with Crippen LogP contribution in [-0.2, 0) is 9.59 Å². The van der Waals surface area contributed by atoms with Crippen molar-refractivity contribution in [2.45, 2.75) is 6.92 Å². The van der Waals surface area contributed by atoms with Crippen molar-refractivity contribution >= 4 is 29.3 Å². The standard InChI is InChI=1S/C20H23FN2O3S/c1-15-5-3-4-6-18(15)26-12-11-23(2)20(25)14-27-13-19(24)22-17-9-7-16(21)8-10-17/h3-10H,11-14H2,1-2H3,(H,22,24). The van der Waals surface area contributed by atoms with Crippen LogP contribution in [0.15, 0.2) is 48.5 Å². The Bertz CT molecular complexity index is 768. The second-order valence-electron chi connectivity index (χ2n) is 5.98. The number of amides is 2. The number of para-hydroxylation sites is 1. The smallest absolute Gasteiger partial charge is 0.234 e. The Kier molecular flexibility index (Phi) is 8.13. The molecule has 2 rings (SSSR count). The molecule has 0 heterocycles. The number of nitrogens with one attached hydrogen (secondary N) is 1. The van der Waals surface area contributed by atoms with Crippen LogP contribution in [0.3, 0.4) is 0 Å². The van der Waals surface area contributed by atoms with Crippen LogP contribution in [-0.4, -0.2) is 48.4 Å². The maximum Gasteiger partial charge on any atom is 0.234 e. The topological polar surface area (TPSA) is 58.6 Å². The van der Waals surface area contributed by atoms with Gasteiger partial charge in [-0.15, -0.1) is 11.8 Å². The summed E-state index contributed by atoms with van der Waals surface area (Å²) in [6, 6.07) is 13.3. The fourth-order valence-corrected chi connectivity index (χ4v) is 2.96. The van der Waals surface area contributed by atoms with Crippen LogP contribution < -0.4 is 10.1 Å². The number of likely N-dealkylation sites (N-methyl/N-ethyl adjacent to an activating group) is 1. The second kappa shape index (κ2) is 10.6. The molecule has 0 atom stereocenters. The van der Waals surface area contributed by atoms with Gasteiger partial charge >= 0.3 is 0 Å². The average Bonchev–Trinajstić information content (AvgIpc) is 2.65. The molecule has 27 heavy (non-hydrogen) atoms. The summed E-state index contributed by atoms with van der Waals surface area (Å²) in [5.41, 5.74) is 1.58. The van der Waals surface area contributed by atoms with E-state index in [-0.39, 0.29) is 29.1 Å². The number of anilines is 1. The molecule has 0 aliphatic carbocycles. The van der Waals surface area contributed by atoms with Crippen molar-refractivity contribution in [2.75, 3.05) is 37.0 Å². The Morgan fingerprint density at radius 2 is 1.81 bits per heavy atom. The number of hydrogen-bond acceptors (Lipinski definition) is 4. The monoisotopic (exact) mass is 390 g/mol. The van der Waals surface area contributed by atoms with Gasteiger partial charge in [0.2, 0.25) is 11.8 Å². The summed E-state index contributed by atoms with van der Waals surface area (Å²) in [7, 11) is 1.71. The number of thioether (sulfide) groups is 1. The lowest BCUT2D eigenvalue weighted by Crippen LogP contribution is -2.32. The number of rotatable bonds is 9. The Hall–Kier alpha value is -2.54. The van der Waals surface area contributed by atoms with Crippen LogP contribution in [0, 0.1) is 12.7 Å². The van der Waals surface area contributed by atoms with E-state index in [1.54, 1.807) is 11.9 Å². The number of hydrogen-bond donors (Lipinski definition) is 1. The summed E-state index contributed by atoms with van der Waals surface area (Å²) < 4.78 is 18.5. The minimum atomic E-state index is -0.359. The molecule has 0 unspecified atom stereocenters. The first kappa shape index (κ1) is 20.8.